The molecule has 0 atom stereocenters. The van der Waals surface area contributed by atoms with Crippen LogP contribution in [0.15, 0.2) is 28.3 Å². The standard InChI is InChI=1S/C15H23N3O2S/c1-3-21-13-6-4-5-12(14(13)15(16)17-19)20-11-7-9-18(2)10-8-11/h4-6,11,19H,3,7-10H2,1-2H3,(H2,16,17). The van der Waals surface area contributed by atoms with Crippen molar-refractivity contribution in [3.8, 4) is 5.75 Å². The smallest absolute Gasteiger partial charge is 0.174 e. The van der Waals surface area contributed by atoms with Crippen LogP contribution in [-0.4, -0.2) is 47.9 Å². The Kier molecular flexibility index (Phi) is 5.76. The van der Waals surface area contributed by atoms with Crippen LogP contribution in [0.5, 0.6) is 5.75 Å². The Bertz CT molecular complexity index is 500. The molecule has 5 nitrogen and oxygen atoms in total. The van der Waals surface area contributed by atoms with Gasteiger partial charge in [0.1, 0.15) is 11.9 Å². The molecular formula is C15H23N3O2S. The summed E-state index contributed by atoms with van der Waals surface area (Å²) in [5.74, 6) is 1.73. The maximum Gasteiger partial charge on any atom is 0.174 e. The number of thioether (sulfide) groups is 1. The van der Waals surface area contributed by atoms with Gasteiger partial charge < -0.3 is 20.6 Å². The molecule has 1 saturated heterocycles. The first kappa shape index (κ1) is 16.0. The highest BCUT2D eigenvalue weighted by Gasteiger charge is 2.21. The molecule has 0 aromatic heterocycles. The van der Waals surface area contributed by atoms with Crippen molar-refractivity contribution >= 4 is 17.6 Å². The Morgan fingerprint density at radius 3 is 2.81 bits per heavy atom. The summed E-state index contributed by atoms with van der Waals surface area (Å²) in [7, 11) is 2.12. The molecule has 0 unspecified atom stereocenters. The van der Waals surface area contributed by atoms with Gasteiger partial charge in [-0.3, -0.25) is 0 Å². The van der Waals surface area contributed by atoms with Crippen LogP contribution in [0.2, 0.25) is 0 Å². The fourth-order valence-corrected chi connectivity index (χ4v) is 3.31. The van der Waals surface area contributed by atoms with Crippen molar-refractivity contribution in [3.05, 3.63) is 23.8 Å². The molecule has 1 aliphatic rings. The third-order valence-corrected chi connectivity index (χ3v) is 4.55. The number of benzene rings is 1. The number of likely N-dealkylation sites (tertiary alicyclic amines) is 1. The van der Waals surface area contributed by atoms with E-state index in [2.05, 4.69) is 24.0 Å². The molecule has 21 heavy (non-hydrogen) atoms. The van der Waals surface area contributed by atoms with E-state index in [1.165, 1.54) is 0 Å². The molecule has 1 fully saturated rings. The first-order chi connectivity index (χ1) is 10.2. The van der Waals surface area contributed by atoms with Crippen molar-refractivity contribution in [3.63, 3.8) is 0 Å². The van der Waals surface area contributed by atoms with Gasteiger partial charge in [0.2, 0.25) is 0 Å². The van der Waals surface area contributed by atoms with E-state index in [0.717, 1.165) is 36.6 Å². The van der Waals surface area contributed by atoms with Crippen molar-refractivity contribution in [1.29, 1.82) is 0 Å². The lowest BCUT2D eigenvalue weighted by Crippen LogP contribution is -2.36. The summed E-state index contributed by atoms with van der Waals surface area (Å²) >= 11 is 1.66. The average Bonchev–Trinajstić information content (AvgIpc) is 2.49. The van der Waals surface area contributed by atoms with E-state index in [1.54, 1.807) is 11.8 Å². The molecule has 0 saturated carbocycles. The largest absolute Gasteiger partial charge is 0.490 e. The summed E-state index contributed by atoms with van der Waals surface area (Å²) < 4.78 is 6.13. The molecule has 116 valence electrons. The van der Waals surface area contributed by atoms with E-state index < -0.39 is 0 Å². The summed E-state index contributed by atoms with van der Waals surface area (Å²) in [5.41, 5.74) is 6.55. The minimum atomic E-state index is 0.106. The number of nitrogens with two attached hydrogens (primary N) is 1. The summed E-state index contributed by atoms with van der Waals surface area (Å²) in [6.07, 6.45) is 2.18. The number of oxime groups is 1. The molecule has 1 aromatic rings. The monoisotopic (exact) mass is 309 g/mol. The predicted molar refractivity (Wildman–Crippen MR) is 86.5 cm³/mol. The maximum absolute atomic E-state index is 9.04. The van der Waals surface area contributed by atoms with Crippen LogP contribution in [0.4, 0.5) is 0 Å². The predicted octanol–water partition coefficient (Wildman–Crippen LogP) is 2.37. The highest BCUT2D eigenvalue weighted by atomic mass is 32.2. The maximum atomic E-state index is 9.04. The second-order valence-corrected chi connectivity index (χ2v) is 6.47. The van der Waals surface area contributed by atoms with E-state index in [4.69, 9.17) is 15.7 Å². The van der Waals surface area contributed by atoms with E-state index >= 15 is 0 Å². The SMILES string of the molecule is CCSc1cccc(OC2CCN(C)CC2)c1/C(N)=N/O. The Morgan fingerprint density at radius 2 is 2.19 bits per heavy atom. The van der Waals surface area contributed by atoms with Gasteiger partial charge in [0.25, 0.3) is 0 Å². The molecule has 2 rings (SSSR count). The number of ether oxygens (including phenoxy) is 1. The minimum Gasteiger partial charge on any atom is -0.490 e. The van der Waals surface area contributed by atoms with Crippen molar-refractivity contribution in [1.82, 2.24) is 4.90 Å². The van der Waals surface area contributed by atoms with Crippen LogP contribution in [0.1, 0.15) is 25.3 Å². The van der Waals surface area contributed by atoms with Crippen LogP contribution in [0.3, 0.4) is 0 Å². The number of amidine groups is 1. The van der Waals surface area contributed by atoms with E-state index in [-0.39, 0.29) is 11.9 Å². The molecule has 0 amide bonds. The second-order valence-electron chi connectivity index (χ2n) is 5.17. The molecule has 0 radical (unpaired) electrons. The summed E-state index contributed by atoms with van der Waals surface area (Å²) in [4.78, 5) is 3.28. The van der Waals surface area contributed by atoms with Crippen LogP contribution in [0, 0.1) is 0 Å². The first-order valence-corrected chi connectivity index (χ1v) is 8.23. The average molecular weight is 309 g/mol. The van der Waals surface area contributed by atoms with Crippen molar-refractivity contribution in [2.75, 3.05) is 25.9 Å². The summed E-state index contributed by atoms with van der Waals surface area (Å²) in [6, 6.07) is 5.82. The van der Waals surface area contributed by atoms with Gasteiger partial charge >= 0.3 is 0 Å². The zero-order chi connectivity index (χ0) is 15.2. The Balaban J connectivity index is 2.23. The normalized spacial score (nSPS) is 17.9. The van der Waals surface area contributed by atoms with Gasteiger partial charge in [0, 0.05) is 18.0 Å². The number of hydrogen-bond acceptors (Lipinski definition) is 5. The lowest BCUT2D eigenvalue weighted by molar-refractivity contribution is 0.114. The molecule has 0 aliphatic carbocycles. The number of rotatable bonds is 5. The van der Waals surface area contributed by atoms with Crippen LogP contribution < -0.4 is 10.5 Å². The summed E-state index contributed by atoms with van der Waals surface area (Å²) in [5, 5.41) is 12.2. The van der Waals surface area contributed by atoms with Crippen LogP contribution in [-0.2, 0) is 0 Å². The first-order valence-electron chi connectivity index (χ1n) is 7.24. The molecule has 1 aliphatic heterocycles. The van der Waals surface area contributed by atoms with E-state index in [1.807, 2.05) is 18.2 Å². The number of hydrogen-bond donors (Lipinski definition) is 2. The van der Waals surface area contributed by atoms with Crippen molar-refractivity contribution in [2.45, 2.75) is 30.8 Å². The van der Waals surface area contributed by atoms with Crippen molar-refractivity contribution in [2.24, 2.45) is 10.9 Å². The number of nitrogens with zero attached hydrogens (tertiary/aromatic N) is 2. The van der Waals surface area contributed by atoms with Gasteiger partial charge in [-0.25, -0.2) is 0 Å². The molecule has 3 N–H and O–H groups in total. The third-order valence-electron chi connectivity index (χ3n) is 3.61. The molecular weight excluding hydrogens is 286 g/mol. The second kappa shape index (κ2) is 7.56. The zero-order valence-electron chi connectivity index (χ0n) is 12.6. The van der Waals surface area contributed by atoms with E-state index in [9.17, 15) is 0 Å². The Hall–Kier alpha value is -1.40. The topological polar surface area (TPSA) is 71.1 Å². The molecule has 0 spiro atoms. The van der Waals surface area contributed by atoms with Gasteiger partial charge in [0.15, 0.2) is 5.84 Å². The van der Waals surface area contributed by atoms with Gasteiger partial charge in [-0.05, 0) is 37.8 Å². The fraction of sp³-hybridized carbons (Fsp3) is 0.533. The molecule has 0 bridgehead atoms. The quantitative estimate of drug-likeness (QED) is 0.287. The highest BCUT2D eigenvalue weighted by molar-refractivity contribution is 7.99. The van der Waals surface area contributed by atoms with Gasteiger partial charge in [-0.15, -0.1) is 11.8 Å². The van der Waals surface area contributed by atoms with Crippen LogP contribution in [0.25, 0.3) is 0 Å². The van der Waals surface area contributed by atoms with Gasteiger partial charge in [-0.1, -0.05) is 18.1 Å². The third kappa shape index (κ3) is 4.04. The van der Waals surface area contributed by atoms with Crippen LogP contribution >= 0.6 is 11.8 Å². The minimum absolute atomic E-state index is 0.106. The van der Waals surface area contributed by atoms with Gasteiger partial charge in [0.05, 0.1) is 5.56 Å². The highest BCUT2D eigenvalue weighted by Crippen LogP contribution is 2.31. The molecule has 1 aromatic carbocycles. The van der Waals surface area contributed by atoms with E-state index in [0.29, 0.717) is 11.3 Å². The lowest BCUT2D eigenvalue weighted by atomic mass is 10.1. The number of piperidine rings is 1. The molecule has 1 heterocycles. The summed E-state index contributed by atoms with van der Waals surface area (Å²) in [6.45, 7) is 4.14. The van der Waals surface area contributed by atoms with Gasteiger partial charge in [-0.2, -0.15) is 0 Å². The fourth-order valence-electron chi connectivity index (χ4n) is 2.47. The van der Waals surface area contributed by atoms with Crippen molar-refractivity contribution < 1.29 is 9.94 Å². The Labute approximate surface area is 130 Å². The lowest BCUT2D eigenvalue weighted by Gasteiger charge is -2.30. The zero-order valence-corrected chi connectivity index (χ0v) is 13.4. The molecule has 6 heteroatoms. The Morgan fingerprint density at radius 1 is 1.48 bits per heavy atom.